The second kappa shape index (κ2) is 13.4. The van der Waals surface area contributed by atoms with E-state index < -0.39 is 0 Å². The Balaban J connectivity index is 1.21. The zero-order chi connectivity index (χ0) is 29.6. The maximum absolute atomic E-state index is 13.7. The first kappa shape index (κ1) is 28.8. The van der Waals surface area contributed by atoms with Crippen LogP contribution in [0.4, 0.5) is 0 Å². The Labute approximate surface area is 261 Å². The van der Waals surface area contributed by atoms with Crippen LogP contribution in [-0.4, -0.2) is 50.2 Å². The molecule has 0 bridgehead atoms. The molecule has 43 heavy (non-hydrogen) atoms. The minimum Gasteiger partial charge on any atom is -0.497 e. The molecule has 0 saturated carbocycles. The van der Waals surface area contributed by atoms with Crippen LogP contribution in [0.1, 0.15) is 44.0 Å². The van der Waals surface area contributed by atoms with Crippen molar-refractivity contribution in [3.8, 4) is 5.75 Å². The van der Waals surface area contributed by atoms with Gasteiger partial charge in [-0.1, -0.05) is 66.4 Å². The predicted molar refractivity (Wildman–Crippen MR) is 170 cm³/mol. The number of carbonyl (C=O) groups excluding carboxylic acids is 2. The molecule has 2 amide bonds. The maximum Gasteiger partial charge on any atom is 0.261 e. The second-order valence-electron chi connectivity index (χ2n) is 9.67. The Kier molecular flexibility index (Phi) is 8.96. The Morgan fingerprint density at radius 1 is 0.977 bits per heavy atom. The van der Waals surface area contributed by atoms with Gasteiger partial charge in [-0.25, -0.2) is 5.01 Å². The van der Waals surface area contributed by atoms with E-state index in [0.717, 1.165) is 27.5 Å². The Bertz CT molecular complexity index is 1700. The van der Waals surface area contributed by atoms with E-state index in [0.29, 0.717) is 28.8 Å². The number of ether oxygens (including phenoxy) is 1. The number of thioether (sulfide) groups is 1. The van der Waals surface area contributed by atoms with Crippen LogP contribution in [0.5, 0.6) is 5.75 Å². The standard InChI is InChI=1S/C31H28N6O3S3/c1-40-23-13-11-22(12-14-23)25-17-24(26-9-5-15-41-26)35-37(25)29(38)20-43-31-34-33-28(18-32-30(39)27-10-6-16-42-27)36(31)19-21-7-3-2-4-8-21/h2-16,25H,17-20H2,1H3,(H,32,39)/t25-/m0/s1. The van der Waals surface area contributed by atoms with E-state index in [9.17, 15) is 9.59 Å². The number of carbonyl (C=O) groups is 2. The molecule has 0 radical (unpaired) electrons. The molecule has 5 aromatic rings. The fraction of sp³-hybridized carbons (Fsp3) is 0.194. The van der Waals surface area contributed by atoms with Crippen LogP contribution in [0.2, 0.25) is 0 Å². The van der Waals surface area contributed by atoms with Gasteiger partial charge in [0.05, 0.1) is 47.5 Å². The Morgan fingerprint density at radius 2 is 1.77 bits per heavy atom. The third-order valence-electron chi connectivity index (χ3n) is 6.93. The molecule has 12 heteroatoms. The number of nitrogens with zero attached hydrogens (tertiary/aromatic N) is 5. The lowest BCUT2D eigenvalue weighted by Gasteiger charge is -2.22. The molecular weight excluding hydrogens is 601 g/mol. The highest BCUT2D eigenvalue weighted by atomic mass is 32.2. The highest BCUT2D eigenvalue weighted by molar-refractivity contribution is 7.99. The summed E-state index contributed by atoms with van der Waals surface area (Å²) in [5.41, 5.74) is 2.95. The van der Waals surface area contributed by atoms with Crippen molar-refractivity contribution in [3.63, 3.8) is 0 Å². The van der Waals surface area contributed by atoms with Gasteiger partial charge in [0.25, 0.3) is 11.8 Å². The molecule has 218 valence electrons. The number of thiophene rings is 2. The van der Waals surface area contributed by atoms with Gasteiger partial charge in [-0.3, -0.25) is 9.59 Å². The number of nitrogens with one attached hydrogen (secondary N) is 1. The summed E-state index contributed by atoms with van der Waals surface area (Å²) in [6.07, 6.45) is 0.627. The van der Waals surface area contributed by atoms with Gasteiger partial charge in [-0.15, -0.1) is 32.9 Å². The number of hydrazone groups is 1. The van der Waals surface area contributed by atoms with E-state index in [1.54, 1.807) is 29.5 Å². The van der Waals surface area contributed by atoms with E-state index in [4.69, 9.17) is 9.84 Å². The number of methoxy groups -OCH3 is 1. The van der Waals surface area contributed by atoms with Crippen LogP contribution in [0, 0.1) is 0 Å². The molecule has 1 atom stereocenters. The Morgan fingerprint density at radius 3 is 2.49 bits per heavy atom. The van der Waals surface area contributed by atoms with E-state index in [1.165, 1.54) is 23.1 Å². The van der Waals surface area contributed by atoms with Gasteiger partial charge in [0.15, 0.2) is 11.0 Å². The fourth-order valence-corrected chi connectivity index (χ4v) is 6.92. The first-order chi connectivity index (χ1) is 21.1. The molecule has 9 nitrogen and oxygen atoms in total. The summed E-state index contributed by atoms with van der Waals surface area (Å²) in [7, 11) is 1.63. The minimum absolute atomic E-state index is 0.126. The van der Waals surface area contributed by atoms with Crippen LogP contribution >= 0.6 is 34.4 Å². The van der Waals surface area contributed by atoms with Crippen molar-refractivity contribution in [1.29, 1.82) is 0 Å². The van der Waals surface area contributed by atoms with Gasteiger partial charge in [-0.05, 0) is 46.2 Å². The lowest BCUT2D eigenvalue weighted by Crippen LogP contribution is -2.28. The largest absolute Gasteiger partial charge is 0.497 e. The molecule has 0 spiro atoms. The normalized spacial score (nSPS) is 14.5. The molecule has 0 unspecified atom stereocenters. The molecule has 4 heterocycles. The predicted octanol–water partition coefficient (Wildman–Crippen LogP) is 5.86. The lowest BCUT2D eigenvalue weighted by molar-refractivity contribution is -0.130. The highest BCUT2D eigenvalue weighted by Crippen LogP contribution is 2.35. The molecule has 0 fully saturated rings. The summed E-state index contributed by atoms with van der Waals surface area (Å²) >= 11 is 4.31. The fourth-order valence-electron chi connectivity index (χ4n) is 4.75. The van der Waals surface area contributed by atoms with E-state index in [2.05, 4.69) is 15.5 Å². The van der Waals surface area contributed by atoms with Gasteiger partial charge < -0.3 is 14.6 Å². The van der Waals surface area contributed by atoms with Crippen molar-refractivity contribution in [2.45, 2.75) is 30.7 Å². The number of amides is 2. The molecule has 2 aromatic carbocycles. The van der Waals surface area contributed by atoms with Crippen molar-refractivity contribution in [2.75, 3.05) is 12.9 Å². The third kappa shape index (κ3) is 6.71. The smallest absolute Gasteiger partial charge is 0.261 e. The molecule has 1 N–H and O–H groups in total. The van der Waals surface area contributed by atoms with Gasteiger partial charge in [0.2, 0.25) is 0 Å². The van der Waals surface area contributed by atoms with Crippen molar-refractivity contribution < 1.29 is 14.3 Å². The Hall–Kier alpha value is -4.26. The number of hydrogen-bond acceptors (Lipinski definition) is 9. The summed E-state index contributed by atoms with van der Waals surface area (Å²) in [6, 6.07) is 25.2. The highest BCUT2D eigenvalue weighted by Gasteiger charge is 2.33. The molecule has 3 aromatic heterocycles. The van der Waals surface area contributed by atoms with Crippen LogP contribution < -0.4 is 10.1 Å². The monoisotopic (exact) mass is 628 g/mol. The number of aromatic nitrogens is 3. The summed E-state index contributed by atoms with van der Waals surface area (Å²) < 4.78 is 7.28. The number of rotatable bonds is 11. The van der Waals surface area contributed by atoms with E-state index >= 15 is 0 Å². The quantitative estimate of drug-likeness (QED) is 0.184. The van der Waals surface area contributed by atoms with Crippen molar-refractivity contribution in [3.05, 3.63) is 116 Å². The average molecular weight is 629 g/mol. The number of benzene rings is 2. The average Bonchev–Trinajstić information content (AvgIpc) is 3.87. The zero-order valence-corrected chi connectivity index (χ0v) is 25.7. The lowest BCUT2D eigenvalue weighted by atomic mass is 10.0. The molecule has 6 rings (SSSR count). The third-order valence-corrected chi connectivity index (χ3v) is 9.66. The zero-order valence-electron chi connectivity index (χ0n) is 23.3. The van der Waals surface area contributed by atoms with Crippen molar-refractivity contribution in [1.82, 2.24) is 25.1 Å². The number of hydrogen-bond donors (Lipinski definition) is 1. The summed E-state index contributed by atoms with van der Waals surface area (Å²) in [5, 5.41) is 22.6. The van der Waals surface area contributed by atoms with Crippen LogP contribution in [0.3, 0.4) is 0 Å². The summed E-state index contributed by atoms with van der Waals surface area (Å²) in [5.74, 6) is 1.21. The SMILES string of the molecule is COc1ccc([C@@H]2CC(c3cccs3)=NN2C(=O)CSc2nnc(CNC(=O)c3cccs3)n2Cc2ccccc2)cc1. The van der Waals surface area contributed by atoms with Gasteiger partial charge in [-0.2, -0.15) is 5.10 Å². The van der Waals surface area contributed by atoms with Gasteiger partial charge in [0.1, 0.15) is 5.75 Å². The van der Waals surface area contributed by atoms with E-state index in [-0.39, 0.29) is 30.2 Å². The topological polar surface area (TPSA) is 102 Å². The minimum atomic E-state index is -0.221. The first-order valence-electron chi connectivity index (χ1n) is 13.6. The summed E-state index contributed by atoms with van der Waals surface area (Å²) in [4.78, 5) is 28.0. The van der Waals surface area contributed by atoms with Crippen LogP contribution in [-0.2, 0) is 17.9 Å². The summed E-state index contributed by atoms with van der Waals surface area (Å²) in [6.45, 7) is 0.721. The maximum atomic E-state index is 13.7. The molecule has 1 aliphatic rings. The molecule has 0 aliphatic carbocycles. The van der Waals surface area contributed by atoms with Gasteiger partial charge in [0, 0.05) is 6.42 Å². The van der Waals surface area contributed by atoms with Crippen molar-refractivity contribution in [2.24, 2.45) is 5.10 Å². The molecule has 0 saturated heterocycles. The van der Waals surface area contributed by atoms with Crippen LogP contribution in [0.25, 0.3) is 0 Å². The molecule has 1 aliphatic heterocycles. The first-order valence-corrected chi connectivity index (χ1v) is 16.3. The van der Waals surface area contributed by atoms with Crippen molar-refractivity contribution >= 4 is 52.0 Å². The second-order valence-corrected chi connectivity index (χ2v) is 12.5. The van der Waals surface area contributed by atoms with Crippen LogP contribution in [0.15, 0.2) is 99.9 Å². The van der Waals surface area contributed by atoms with E-state index in [1.807, 2.05) is 88.1 Å². The van der Waals surface area contributed by atoms with Gasteiger partial charge >= 0.3 is 0 Å². The molecular formula is C31H28N6O3S3.